The fourth-order valence-corrected chi connectivity index (χ4v) is 3.87. The number of nitrogens with zero attached hydrogens (tertiary/aromatic N) is 1. The second kappa shape index (κ2) is 13.9. The lowest BCUT2D eigenvalue weighted by Crippen LogP contribution is -2.05. The second-order valence-electron chi connectivity index (χ2n) is 6.76. The number of halogens is 2. The van der Waals surface area contributed by atoms with Crippen LogP contribution < -0.4 is 0 Å². The van der Waals surface area contributed by atoms with Crippen molar-refractivity contribution in [1.82, 2.24) is 0 Å². The van der Waals surface area contributed by atoms with Gasteiger partial charge in [-0.1, -0.05) is 44.4 Å². The molecule has 0 atom stereocenters. The predicted octanol–water partition coefficient (Wildman–Crippen LogP) is 8.20. The molecule has 0 aliphatic heterocycles. The maximum absolute atomic E-state index is 9.89. The molecule has 0 unspecified atom stereocenters. The van der Waals surface area contributed by atoms with Crippen molar-refractivity contribution in [2.45, 2.75) is 34.1 Å². The van der Waals surface area contributed by atoms with Gasteiger partial charge < -0.3 is 9.84 Å². The van der Waals surface area contributed by atoms with Gasteiger partial charge in [-0.15, -0.1) is 0 Å². The first-order valence-corrected chi connectivity index (χ1v) is 11.7. The number of benzene rings is 1. The van der Waals surface area contributed by atoms with E-state index < -0.39 is 0 Å². The molecule has 2 N–H and O–H groups in total. The van der Waals surface area contributed by atoms with E-state index >= 15 is 0 Å². The van der Waals surface area contributed by atoms with Crippen molar-refractivity contribution >= 4 is 43.8 Å². The first-order valence-electron chi connectivity index (χ1n) is 10.1. The van der Waals surface area contributed by atoms with E-state index in [2.05, 4.69) is 50.0 Å². The van der Waals surface area contributed by atoms with Crippen molar-refractivity contribution in [2.24, 2.45) is 4.99 Å². The number of nitrogens with one attached hydrogen (secondary N) is 1. The molecule has 4 nitrogen and oxygen atoms in total. The molecule has 0 aliphatic carbocycles. The highest BCUT2D eigenvalue weighted by Gasteiger charge is 2.10. The van der Waals surface area contributed by atoms with Crippen molar-refractivity contribution < 1.29 is 9.84 Å². The van der Waals surface area contributed by atoms with Crippen LogP contribution >= 0.6 is 31.9 Å². The lowest BCUT2D eigenvalue weighted by atomic mass is 10.0. The van der Waals surface area contributed by atoms with E-state index in [0.29, 0.717) is 20.3 Å². The van der Waals surface area contributed by atoms with E-state index in [4.69, 9.17) is 10.1 Å². The molecule has 0 spiro atoms. The van der Waals surface area contributed by atoms with Gasteiger partial charge in [-0.25, -0.2) is 0 Å². The summed E-state index contributed by atoms with van der Waals surface area (Å²) in [7, 11) is 0. The number of aliphatic imine (C=N–C) groups is 1. The van der Waals surface area contributed by atoms with Gasteiger partial charge in [0.1, 0.15) is 18.1 Å². The average molecular weight is 562 g/mol. The normalized spacial score (nSPS) is 13.8. The zero-order valence-electron chi connectivity index (χ0n) is 19.0. The third-order valence-electron chi connectivity index (χ3n) is 4.69. The van der Waals surface area contributed by atoms with Gasteiger partial charge in [0.05, 0.1) is 26.6 Å². The SMILES string of the molecule is C=C\C(OC/C(N=CC(=N)c1cc(Br)c(O)c(Br)c1)=C(/C)CC)=C(C=C)/C(/C=C\C)=C\C. The molecule has 0 aliphatic rings. The van der Waals surface area contributed by atoms with Crippen LogP contribution in [0.5, 0.6) is 5.75 Å². The van der Waals surface area contributed by atoms with Gasteiger partial charge >= 0.3 is 0 Å². The van der Waals surface area contributed by atoms with Gasteiger partial charge in [-0.2, -0.15) is 0 Å². The van der Waals surface area contributed by atoms with Crippen LogP contribution in [0.4, 0.5) is 0 Å². The summed E-state index contributed by atoms with van der Waals surface area (Å²) in [5.74, 6) is 0.707. The molecule has 0 saturated carbocycles. The van der Waals surface area contributed by atoms with Crippen LogP contribution in [0.2, 0.25) is 0 Å². The monoisotopic (exact) mass is 560 g/mol. The topological polar surface area (TPSA) is 65.7 Å². The molecule has 32 heavy (non-hydrogen) atoms. The Balaban J connectivity index is 3.21. The Morgan fingerprint density at radius 1 is 1.19 bits per heavy atom. The first kappa shape index (κ1) is 27.6. The minimum absolute atomic E-state index is 0.0921. The fraction of sp³-hybridized carbons (Fsp3) is 0.231. The molecule has 6 heteroatoms. The van der Waals surface area contributed by atoms with E-state index in [9.17, 15) is 5.11 Å². The highest BCUT2D eigenvalue weighted by molar-refractivity contribution is 9.11. The highest BCUT2D eigenvalue weighted by Crippen LogP contribution is 2.33. The van der Waals surface area contributed by atoms with Crippen molar-refractivity contribution in [1.29, 1.82) is 5.41 Å². The van der Waals surface area contributed by atoms with Gasteiger partial charge in [0.15, 0.2) is 0 Å². The number of phenolic OH excluding ortho intramolecular Hbond substituents is 1. The summed E-state index contributed by atoms with van der Waals surface area (Å²) < 4.78 is 7.08. The van der Waals surface area contributed by atoms with Crippen LogP contribution in [0.25, 0.3) is 0 Å². The molecule has 1 rings (SSSR count). The van der Waals surface area contributed by atoms with Crippen LogP contribution in [0.3, 0.4) is 0 Å². The molecule has 0 saturated heterocycles. The molecule has 0 bridgehead atoms. The summed E-state index contributed by atoms with van der Waals surface area (Å²) in [4.78, 5) is 4.55. The molecule has 1 aromatic rings. The predicted molar refractivity (Wildman–Crippen MR) is 144 cm³/mol. The third kappa shape index (κ3) is 7.61. The number of rotatable bonds is 11. The van der Waals surface area contributed by atoms with Gasteiger partial charge in [0.25, 0.3) is 0 Å². The van der Waals surface area contributed by atoms with E-state index in [1.54, 1.807) is 24.3 Å². The van der Waals surface area contributed by atoms with E-state index in [-0.39, 0.29) is 18.1 Å². The molecular weight excluding hydrogens is 532 g/mol. The molecule has 0 radical (unpaired) electrons. The van der Waals surface area contributed by atoms with Crippen LogP contribution in [-0.2, 0) is 4.74 Å². The smallest absolute Gasteiger partial charge is 0.143 e. The minimum Gasteiger partial charge on any atom is -0.506 e. The Kier molecular flexibility index (Phi) is 12.0. The van der Waals surface area contributed by atoms with Crippen molar-refractivity contribution in [3.05, 3.63) is 98.4 Å². The lowest BCUT2D eigenvalue weighted by Gasteiger charge is -2.14. The molecule has 0 heterocycles. The van der Waals surface area contributed by atoms with Gasteiger partial charge in [-0.3, -0.25) is 10.4 Å². The van der Waals surface area contributed by atoms with Crippen LogP contribution in [0, 0.1) is 5.41 Å². The van der Waals surface area contributed by atoms with Gasteiger partial charge in [0.2, 0.25) is 0 Å². The fourth-order valence-electron chi connectivity index (χ4n) is 2.69. The lowest BCUT2D eigenvalue weighted by molar-refractivity contribution is 0.249. The highest BCUT2D eigenvalue weighted by atomic mass is 79.9. The van der Waals surface area contributed by atoms with Crippen molar-refractivity contribution in [3.8, 4) is 5.75 Å². The van der Waals surface area contributed by atoms with E-state index in [1.807, 2.05) is 45.9 Å². The minimum atomic E-state index is 0.0921. The summed E-state index contributed by atoms with van der Waals surface area (Å²) in [6.07, 6.45) is 11.7. The molecular formula is C26H30Br2N2O2. The van der Waals surface area contributed by atoms with E-state index in [0.717, 1.165) is 28.8 Å². The Bertz CT molecular complexity index is 1010. The summed E-state index contributed by atoms with van der Waals surface area (Å²) in [5, 5.41) is 18.3. The Morgan fingerprint density at radius 3 is 2.28 bits per heavy atom. The summed E-state index contributed by atoms with van der Waals surface area (Å²) in [6, 6.07) is 3.35. The second-order valence-corrected chi connectivity index (χ2v) is 8.47. The number of allylic oxidation sites excluding steroid dienone is 8. The standard InChI is InChI=1S/C26H30Br2N2O2/c1-7-12-18(9-3)20(10-4)25(11-5)32-16-24(17(6)8-2)30-15-23(29)19-13-21(27)26(31)22(28)14-19/h7,9-15,29,31H,4-5,8,16H2,1-3,6H3/b12-7-,18-9-,24-17+,25-20+,29-23?,30-15?. The van der Waals surface area contributed by atoms with Crippen LogP contribution in [0.1, 0.15) is 39.7 Å². The van der Waals surface area contributed by atoms with Crippen LogP contribution in [-0.4, -0.2) is 23.6 Å². The Hall–Kier alpha value is -2.44. The number of hydrogen-bond acceptors (Lipinski definition) is 4. The number of hydrogen-bond donors (Lipinski definition) is 2. The number of aromatic hydroxyl groups is 1. The summed E-state index contributed by atoms with van der Waals surface area (Å²) >= 11 is 6.59. The maximum Gasteiger partial charge on any atom is 0.143 e. The number of phenols is 1. The van der Waals surface area contributed by atoms with Crippen molar-refractivity contribution in [2.75, 3.05) is 6.61 Å². The largest absolute Gasteiger partial charge is 0.506 e. The quantitative estimate of drug-likeness (QED) is 0.162. The number of ether oxygens (including phenoxy) is 1. The van der Waals surface area contributed by atoms with Crippen LogP contribution in [0.15, 0.2) is 97.8 Å². The average Bonchev–Trinajstić information content (AvgIpc) is 2.79. The zero-order chi connectivity index (χ0) is 24.3. The van der Waals surface area contributed by atoms with Crippen molar-refractivity contribution in [3.63, 3.8) is 0 Å². The Labute approximate surface area is 208 Å². The molecule has 1 aromatic carbocycles. The summed E-state index contributed by atoms with van der Waals surface area (Å²) in [5.41, 5.74) is 4.47. The van der Waals surface area contributed by atoms with E-state index in [1.165, 1.54) is 6.21 Å². The first-order chi connectivity index (χ1) is 15.2. The Morgan fingerprint density at radius 2 is 1.81 bits per heavy atom. The maximum atomic E-state index is 9.89. The molecule has 0 amide bonds. The molecule has 0 aromatic heterocycles. The van der Waals surface area contributed by atoms with Gasteiger partial charge in [-0.05, 0) is 88.4 Å². The zero-order valence-corrected chi connectivity index (χ0v) is 22.2. The van der Waals surface area contributed by atoms with Gasteiger partial charge in [0, 0.05) is 11.1 Å². The summed E-state index contributed by atoms with van der Waals surface area (Å²) in [6.45, 7) is 16.0. The molecule has 170 valence electrons. The third-order valence-corrected chi connectivity index (χ3v) is 5.90. The molecule has 0 fully saturated rings.